The number of piperidine rings is 3. The minimum atomic E-state index is 0.154. The Morgan fingerprint density at radius 2 is 1.78 bits per heavy atom. The molecule has 0 unspecified atom stereocenters. The Bertz CT molecular complexity index is 855. The van der Waals surface area contributed by atoms with Crippen LogP contribution in [0.2, 0.25) is 0 Å². The highest BCUT2D eigenvalue weighted by molar-refractivity contribution is 5.95. The Labute approximate surface area is 160 Å². The van der Waals surface area contributed by atoms with Gasteiger partial charge >= 0.3 is 0 Å². The van der Waals surface area contributed by atoms with Crippen LogP contribution in [0.1, 0.15) is 40.2 Å². The number of phenols is 1. The molecule has 6 rings (SSSR count). The van der Waals surface area contributed by atoms with Crippen LogP contribution in [0.15, 0.2) is 48.5 Å². The molecule has 140 valence electrons. The molecule has 0 aliphatic carbocycles. The van der Waals surface area contributed by atoms with Gasteiger partial charge in [0.05, 0.1) is 6.04 Å². The van der Waals surface area contributed by atoms with E-state index in [4.69, 9.17) is 0 Å². The molecule has 0 saturated carbocycles. The molecule has 2 bridgehead atoms. The second-order valence-corrected chi connectivity index (χ2v) is 8.38. The van der Waals surface area contributed by atoms with E-state index in [1.165, 1.54) is 18.4 Å². The van der Waals surface area contributed by atoms with Crippen molar-refractivity contribution in [3.63, 3.8) is 0 Å². The smallest absolute Gasteiger partial charge is 0.254 e. The molecular formula is C23H26N2O2. The van der Waals surface area contributed by atoms with Crippen molar-refractivity contribution in [3.05, 3.63) is 65.2 Å². The molecule has 2 aromatic rings. The van der Waals surface area contributed by atoms with Gasteiger partial charge in [-0.1, -0.05) is 29.8 Å². The third-order valence-corrected chi connectivity index (χ3v) is 6.85. The van der Waals surface area contributed by atoms with Crippen LogP contribution in [0, 0.1) is 12.8 Å². The second-order valence-electron chi connectivity index (χ2n) is 8.38. The SMILES string of the molecule is Cc1ccc(C(=O)N2C[C@@H](c3cccc(O)c3)[C@@H]3[C@H]2C2CCN3CC2)cc1. The third-order valence-electron chi connectivity index (χ3n) is 6.85. The van der Waals surface area contributed by atoms with E-state index in [0.29, 0.717) is 17.7 Å². The molecule has 4 fully saturated rings. The van der Waals surface area contributed by atoms with Gasteiger partial charge in [0.1, 0.15) is 5.75 Å². The summed E-state index contributed by atoms with van der Waals surface area (Å²) in [5.74, 6) is 1.32. The van der Waals surface area contributed by atoms with Crippen LogP contribution >= 0.6 is 0 Å². The van der Waals surface area contributed by atoms with Gasteiger partial charge in [0.25, 0.3) is 5.91 Å². The normalized spacial score (nSPS) is 31.7. The first-order valence-corrected chi connectivity index (χ1v) is 10.0. The summed E-state index contributed by atoms with van der Waals surface area (Å²) in [6.07, 6.45) is 2.37. The molecule has 1 amide bonds. The average molecular weight is 362 g/mol. The number of likely N-dealkylation sites (tertiary alicyclic amines) is 1. The predicted molar refractivity (Wildman–Crippen MR) is 105 cm³/mol. The zero-order chi connectivity index (χ0) is 18.5. The first kappa shape index (κ1) is 16.8. The maximum Gasteiger partial charge on any atom is 0.254 e. The Morgan fingerprint density at radius 3 is 2.48 bits per heavy atom. The van der Waals surface area contributed by atoms with Crippen molar-refractivity contribution in [3.8, 4) is 5.75 Å². The van der Waals surface area contributed by atoms with Gasteiger partial charge in [0.2, 0.25) is 0 Å². The van der Waals surface area contributed by atoms with Crippen molar-refractivity contribution < 1.29 is 9.90 Å². The summed E-state index contributed by atoms with van der Waals surface area (Å²) in [6, 6.07) is 16.2. The van der Waals surface area contributed by atoms with E-state index in [2.05, 4.69) is 15.9 Å². The first-order valence-electron chi connectivity index (χ1n) is 10.0. The van der Waals surface area contributed by atoms with E-state index in [-0.39, 0.29) is 17.9 Å². The van der Waals surface area contributed by atoms with Gasteiger partial charge in [-0.25, -0.2) is 0 Å². The second kappa shape index (κ2) is 6.38. The zero-order valence-electron chi connectivity index (χ0n) is 15.7. The number of benzene rings is 2. The van der Waals surface area contributed by atoms with Crippen LogP contribution in [0.3, 0.4) is 0 Å². The molecule has 4 saturated heterocycles. The van der Waals surface area contributed by atoms with Crippen molar-refractivity contribution in [2.24, 2.45) is 5.92 Å². The highest BCUT2D eigenvalue weighted by Crippen LogP contribution is 2.47. The number of carbonyl (C=O) groups is 1. The average Bonchev–Trinajstić information content (AvgIpc) is 3.12. The minimum absolute atomic E-state index is 0.154. The Hall–Kier alpha value is -2.33. The number of aryl methyl sites for hydroxylation is 1. The fourth-order valence-electron chi connectivity index (χ4n) is 5.57. The van der Waals surface area contributed by atoms with Crippen molar-refractivity contribution in [2.75, 3.05) is 19.6 Å². The number of carbonyl (C=O) groups excluding carboxylic acids is 1. The van der Waals surface area contributed by atoms with Crippen LogP contribution in [0.25, 0.3) is 0 Å². The summed E-state index contributed by atoms with van der Waals surface area (Å²) >= 11 is 0. The number of hydrogen-bond acceptors (Lipinski definition) is 3. The van der Waals surface area contributed by atoms with Gasteiger partial charge in [-0.2, -0.15) is 0 Å². The lowest BCUT2D eigenvalue weighted by atomic mass is 9.75. The fraction of sp³-hybridized carbons (Fsp3) is 0.435. The van der Waals surface area contributed by atoms with Crippen LogP contribution in [-0.4, -0.2) is 52.5 Å². The molecule has 4 heteroatoms. The minimum Gasteiger partial charge on any atom is -0.508 e. The molecule has 2 aromatic carbocycles. The topological polar surface area (TPSA) is 43.8 Å². The van der Waals surface area contributed by atoms with E-state index >= 15 is 0 Å². The summed E-state index contributed by atoms with van der Waals surface area (Å²) in [6.45, 7) is 5.05. The van der Waals surface area contributed by atoms with Crippen molar-refractivity contribution in [1.82, 2.24) is 9.80 Å². The summed E-state index contributed by atoms with van der Waals surface area (Å²) in [7, 11) is 0. The highest BCUT2D eigenvalue weighted by atomic mass is 16.3. The number of rotatable bonds is 2. The van der Waals surface area contributed by atoms with Crippen LogP contribution in [-0.2, 0) is 0 Å². The lowest BCUT2D eigenvalue weighted by Gasteiger charge is -2.51. The number of hydrogen-bond donors (Lipinski definition) is 1. The molecule has 4 nitrogen and oxygen atoms in total. The number of fused-ring (bicyclic) bond motifs is 2. The highest BCUT2D eigenvalue weighted by Gasteiger charge is 2.54. The van der Waals surface area contributed by atoms with Gasteiger partial charge in [-0.15, -0.1) is 0 Å². The van der Waals surface area contributed by atoms with Crippen molar-refractivity contribution in [1.29, 1.82) is 0 Å². The van der Waals surface area contributed by atoms with Gasteiger partial charge < -0.3 is 10.0 Å². The van der Waals surface area contributed by atoms with Gasteiger partial charge in [0.15, 0.2) is 0 Å². The van der Waals surface area contributed by atoms with E-state index in [1.807, 2.05) is 43.3 Å². The number of aromatic hydroxyl groups is 1. The molecule has 4 aliphatic rings. The van der Waals surface area contributed by atoms with Crippen molar-refractivity contribution in [2.45, 2.75) is 37.8 Å². The molecule has 4 aliphatic heterocycles. The number of nitrogens with zero attached hydrogens (tertiary/aromatic N) is 2. The standard InChI is InChI=1S/C23H26N2O2/c1-15-5-7-17(8-6-15)23(27)25-14-20(18-3-2-4-19(26)13-18)22-21(25)16-9-11-24(22)12-10-16/h2-8,13,16,20-22,26H,9-12,14H2,1H3/t20-,21+,22+/m0/s1. The number of phenolic OH excluding ortho intramolecular Hbond substituents is 1. The van der Waals surface area contributed by atoms with Gasteiger partial charge in [0, 0.05) is 24.1 Å². The van der Waals surface area contributed by atoms with E-state index < -0.39 is 0 Å². The molecule has 0 spiro atoms. The Morgan fingerprint density at radius 1 is 1.04 bits per heavy atom. The van der Waals surface area contributed by atoms with E-state index in [0.717, 1.165) is 30.8 Å². The quantitative estimate of drug-likeness (QED) is 0.890. The van der Waals surface area contributed by atoms with E-state index in [9.17, 15) is 9.90 Å². The Kier molecular flexibility index (Phi) is 3.97. The van der Waals surface area contributed by atoms with Gasteiger partial charge in [-0.05, 0) is 68.6 Å². The van der Waals surface area contributed by atoms with Crippen molar-refractivity contribution >= 4 is 5.91 Å². The predicted octanol–water partition coefficient (Wildman–Crippen LogP) is 3.40. The molecule has 0 radical (unpaired) electrons. The number of amides is 1. The third kappa shape index (κ3) is 2.74. The molecular weight excluding hydrogens is 336 g/mol. The lowest BCUT2D eigenvalue weighted by Crippen LogP contribution is -2.60. The molecule has 1 N–H and O–H groups in total. The molecule has 4 heterocycles. The fourth-order valence-corrected chi connectivity index (χ4v) is 5.57. The van der Waals surface area contributed by atoms with E-state index in [1.54, 1.807) is 6.07 Å². The molecule has 27 heavy (non-hydrogen) atoms. The zero-order valence-corrected chi connectivity index (χ0v) is 15.7. The maximum absolute atomic E-state index is 13.4. The van der Waals surface area contributed by atoms with Crippen LogP contribution in [0.4, 0.5) is 0 Å². The molecule has 3 atom stereocenters. The van der Waals surface area contributed by atoms with Crippen LogP contribution < -0.4 is 0 Å². The Balaban J connectivity index is 1.52. The largest absolute Gasteiger partial charge is 0.508 e. The van der Waals surface area contributed by atoms with Crippen LogP contribution in [0.5, 0.6) is 5.75 Å². The summed E-state index contributed by atoms with van der Waals surface area (Å²) in [5, 5.41) is 9.99. The van der Waals surface area contributed by atoms with Gasteiger partial charge in [-0.3, -0.25) is 9.69 Å². The lowest BCUT2D eigenvalue weighted by molar-refractivity contribution is -0.00341. The monoisotopic (exact) mass is 362 g/mol. The summed E-state index contributed by atoms with van der Waals surface area (Å²) in [4.78, 5) is 18.1. The summed E-state index contributed by atoms with van der Waals surface area (Å²) < 4.78 is 0. The molecule has 0 aromatic heterocycles. The summed E-state index contributed by atoms with van der Waals surface area (Å²) in [5.41, 5.74) is 3.11. The maximum atomic E-state index is 13.4. The first-order chi connectivity index (χ1) is 13.1.